The summed E-state index contributed by atoms with van der Waals surface area (Å²) in [6.45, 7) is 13.6. The molecule has 5 heteroatoms. The number of carboxylic acid groups (broad SMARTS) is 1. The van der Waals surface area contributed by atoms with Gasteiger partial charge in [0.1, 0.15) is 0 Å². The summed E-state index contributed by atoms with van der Waals surface area (Å²) in [5.41, 5.74) is 0. The van der Waals surface area contributed by atoms with Crippen molar-refractivity contribution in [1.82, 2.24) is 4.90 Å². The molecule has 0 amide bonds. The van der Waals surface area contributed by atoms with E-state index in [0.29, 0.717) is 6.42 Å². The van der Waals surface area contributed by atoms with Crippen LogP contribution in [0.2, 0.25) is 18.1 Å². The molecule has 0 aliphatic rings. The van der Waals surface area contributed by atoms with Crippen LogP contribution in [0.25, 0.3) is 0 Å². The summed E-state index contributed by atoms with van der Waals surface area (Å²) in [6, 6.07) is 0. The predicted octanol–water partition coefficient (Wildman–Crippen LogP) is 2.80. The third-order valence-electron chi connectivity index (χ3n) is 3.67. The first-order chi connectivity index (χ1) is 8.06. The second-order valence-corrected chi connectivity index (χ2v) is 11.2. The van der Waals surface area contributed by atoms with E-state index in [4.69, 9.17) is 9.53 Å². The fourth-order valence-electron chi connectivity index (χ4n) is 1.29. The van der Waals surface area contributed by atoms with E-state index < -0.39 is 14.3 Å². The quantitative estimate of drug-likeness (QED) is 0.692. The lowest BCUT2D eigenvalue weighted by Gasteiger charge is -2.36. The van der Waals surface area contributed by atoms with Gasteiger partial charge in [-0.2, -0.15) is 0 Å². The van der Waals surface area contributed by atoms with Crippen molar-refractivity contribution in [1.29, 1.82) is 0 Å². The Bertz CT molecular complexity index is 261. The van der Waals surface area contributed by atoms with E-state index in [1.54, 1.807) is 0 Å². The van der Waals surface area contributed by atoms with Crippen LogP contribution < -0.4 is 0 Å². The second-order valence-electron chi connectivity index (χ2n) is 6.41. The maximum Gasteiger partial charge on any atom is 0.303 e. The van der Waals surface area contributed by atoms with Crippen LogP contribution in [0.1, 0.15) is 33.6 Å². The van der Waals surface area contributed by atoms with Crippen molar-refractivity contribution in [3.05, 3.63) is 0 Å². The molecule has 0 aromatic heterocycles. The molecule has 0 unspecified atom stereocenters. The number of likely N-dealkylation sites (N-methyl/N-ethyl adjacent to an activating group) is 1. The van der Waals surface area contributed by atoms with Crippen LogP contribution in [-0.4, -0.2) is 51.0 Å². The van der Waals surface area contributed by atoms with Crippen molar-refractivity contribution in [3.63, 3.8) is 0 Å². The third kappa shape index (κ3) is 7.13. The highest BCUT2D eigenvalue weighted by atomic mass is 28.4. The van der Waals surface area contributed by atoms with E-state index in [1.165, 1.54) is 0 Å². The summed E-state index contributed by atoms with van der Waals surface area (Å²) in [6.07, 6.45) is 0.944. The first-order valence-electron chi connectivity index (χ1n) is 6.60. The number of nitrogens with zero attached hydrogens (tertiary/aromatic N) is 1. The number of carboxylic acids is 1. The van der Waals surface area contributed by atoms with Crippen LogP contribution in [0.15, 0.2) is 0 Å². The second kappa shape index (κ2) is 7.26. The number of hydrogen-bond donors (Lipinski definition) is 1. The average Bonchev–Trinajstić information content (AvgIpc) is 2.14. The van der Waals surface area contributed by atoms with E-state index in [0.717, 1.165) is 19.7 Å². The Kier molecular flexibility index (Phi) is 7.10. The predicted molar refractivity (Wildman–Crippen MR) is 77.5 cm³/mol. The van der Waals surface area contributed by atoms with Crippen LogP contribution in [0, 0.1) is 0 Å². The Labute approximate surface area is 112 Å². The van der Waals surface area contributed by atoms with E-state index in [9.17, 15) is 4.79 Å². The lowest BCUT2D eigenvalue weighted by Crippen LogP contribution is -2.42. The largest absolute Gasteiger partial charge is 0.481 e. The first kappa shape index (κ1) is 17.6. The highest BCUT2D eigenvalue weighted by Crippen LogP contribution is 2.36. The van der Waals surface area contributed by atoms with Crippen LogP contribution in [0.5, 0.6) is 0 Å². The molecule has 0 saturated heterocycles. The lowest BCUT2D eigenvalue weighted by molar-refractivity contribution is -0.137. The van der Waals surface area contributed by atoms with Gasteiger partial charge in [-0.3, -0.25) is 4.79 Å². The Balaban J connectivity index is 3.81. The smallest absolute Gasteiger partial charge is 0.303 e. The highest BCUT2D eigenvalue weighted by Gasteiger charge is 2.36. The molecule has 0 fully saturated rings. The van der Waals surface area contributed by atoms with Gasteiger partial charge in [0.25, 0.3) is 0 Å². The van der Waals surface area contributed by atoms with Crippen molar-refractivity contribution < 1.29 is 14.3 Å². The van der Waals surface area contributed by atoms with Gasteiger partial charge in [0.2, 0.25) is 0 Å². The van der Waals surface area contributed by atoms with Gasteiger partial charge in [-0.25, -0.2) is 0 Å². The molecule has 4 nitrogen and oxygen atoms in total. The van der Waals surface area contributed by atoms with Crippen molar-refractivity contribution in [2.45, 2.75) is 51.7 Å². The minimum Gasteiger partial charge on any atom is -0.481 e. The fraction of sp³-hybridized carbons (Fsp3) is 0.923. The summed E-state index contributed by atoms with van der Waals surface area (Å²) < 4.78 is 6.07. The number of carbonyl (C=O) groups is 1. The Hall–Kier alpha value is -0.393. The normalized spacial score (nSPS) is 13.1. The van der Waals surface area contributed by atoms with Crippen molar-refractivity contribution >= 4 is 14.3 Å². The van der Waals surface area contributed by atoms with Crippen LogP contribution in [0.3, 0.4) is 0 Å². The molecule has 0 rings (SSSR count). The van der Waals surface area contributed by atoms with Gasteiger partial charge >= 0.3 is 5.97 Å². The molecule has 0 radical (unpaired) electrons. The van der Waals surface area contributed by atoms with Crippen LogP contribution in [-0.2, 0) is 9.22 Å². The molecule has 0 bridgehead atoms. The molecule has 0 aromatic carbocycles. The molecule has 0 atom stereocenters. The minimum absolute atomic E-state index is 0.243. The van der Waals surface area contributed by atoms with Gasteiger partial charge in [-0.05, 0) is 38.1 Å². The minimum atomic E-state index is -1.64. The summed E-state index contributed by atoms with van der Waals surface area (Å²) in [5, 5.41) is 8.81. The van der Waals surface area contributed by atoms with Crippen molar-refractivity contribution in [2.75, 3.05) is 26.7 Å². The maximum absolute atomic E-state index is 10.4. The van der Waals surface area contributed by atoms with Gasteiger partial charge < -0.3 is 14.4 Å². The number of rotatable bonds is 8. The Morgan fingerprint density at radius 1 is 1.28 bits per heavy atom. The molecule has 0 aromatic rings. The van der Waals surface area contributed by atoms with Crippen molar-refractivity contribution in [3.8, 4) is 0 Å². The molecule has 0 saturated carbocycles. The molecule has 0 aliphatic carbocycles. The maximum atomic E-state index is 10.4. The van der Waals surface area contributed by atoms with E-state index >= 15 is 0 Å². The fourth-order valence-corrected chi connectivity index (χ4v) is 2.32. The van der Waals surface area contributed by atoms with Crippen LogP contribution in [0.4, 0.5) is 0 Å². The molecule has 0 heterocycles. The standard InChI is InChI=1S/C13H29NO3Si/c1-13(2,3)18(5,6)17-11-10-14(4)9-7-8-12(15)16/h7-11H2,1-6H3,(H,15,16). The Morgan fingerprint density at radius 3 is 2.28 bits per heavy atom. The van der Waals surface area contributed by atoms with Crippen LogP contribution >= 0.6 is 0 Å². The monoisotopic (exact) mass is 275 g/mol. The van der Waals surface area contributed by atoms with E-state index in [1.807, 2.05) is 7.05 Å². The zero-order valence-corrected chi connectivity index (χ0v) is 13.7. The van der Waals surface area contributed by atoms with Gasteiger partial charge in [-0.15, -0.1) is 0 Å². The Morgan fingerprint density at radius 2 is 1.83 bits per heavy atom. The molecule has 0 spiro atoms. The number of hydrogen-bond acceptors (Lipinski definition) is 3. The topological polar surface area (TPSA) is 49.8 Å². The van der Waals surface area contributed by atoms with Gasteiger partial charge in [-0.1, -0.05) is 20.8 Å². The summed E-state index contributed by atoms with van der Waals surface area (Å²) in [5.74, 6) is -0.721. The summed E-state index contributed by atoms with van der Waals surface area (Å²) in [7, 11) is 0.369. The molecule has 0 aliphatic heterocycles. The SMILES string of the molecule is CN(CCCC(=O)O)CCO[Si](C)(C)C(C)(C)C. The molecule has 18 heavy (non-hydrogen) atoms. The zero-order valence-electron chi connectivity index (χ0n) is 12.7. The summed E-state index contributed by atoms with van der Waals surface area (Å²) in [4.78, 5) is 12.5. The molecular weight excluding hydrogens is 246 g/mol. The van der Waals surface area contributed by atoms with E-state index in [-0.39, 0.29) is 11.5 Å². The van der Waals surface area contributed by atoms with E-state index in [2.05, 4.69) is 38.8 Å². The molecular formula is C13H29NO3Si. The first-order valence-corrected chi connectivity index (χ1v) is 9.51. The number of aliphatic carboxylic acids is 1. The molecule has 1 N–H and O–H groups in total. The molecule has 108 valence electrons. The van der Waals surface area contributed by atoms with Gasteiger partial charge in [0, 0.05) is 19.6 Å². The van der Waals surface area contributed by atoms with Crippen molar-refractivity contribution in [2.24, 2.45) is 0 Å². The third-order valence-corrected chi connectivity index (χ3v) is 8.21. The average molecular weight is 275 g/mol. The van der Waals surface area contributed by atoms with Gasteiger partial charge in [0.15, 0.2) is 8.32 Å². The summed E-state index contributed by atoms with van der Waals surface area (Å²) >= 11 is 0. The van der Waals surface area contributed by atoms with Gasteiger partial charge in [0.05, 0.1) is 0 Å². The highest BCUT2D eigenvalue weighted by molar-refractivity contribution is 6.74. The zero-order chi connectivity index (χ0) is 14.4. The lowest BCUT2D eigenvalue weighted by atomic mass is 10.2.